The van der Waals surface area contributed by atoms with Crippen molar-refractivity contribution in [2.24, 2.45) is 7.05 Å². The second-order valence-electron chi connectivity index (χ2n) is 4.78. The lowest BCUT2D eigenvalue weighted by Crippen LogP contribution is -2.21. The van der Waals surface area contributed by atoms with Gasteiger partial charge in [-0.2, -0.15) is 5.10 Å². The molecule has 0 saturated heterocycles. The van der Waals surface area contributed by atoms with Crippen LogP contribution < -0.4 is 5.48 Å². The highest BCUT2D eigenvalue weighted by molar-refractivity contribution is 5.91. The van der Waals surface area contributed by atoms with Crippen LogP contribution in [0.3, 0.4) is 0 Å². The van der Waals surface area contributed by atoms with Gasteiger partial charge in [0.05, 0.1) is 12.3 Å². The van der Waals surface area contributed by atoms with Crippen molar-refractivity contribution in [1.29, 1.82) is 0 Å². The van der Waals surface area contributed by atoms with Gasteiger partial charge in [-0.1, -0.05) is 30.3 Å². The van der Waals surface area contributed by atoms with Gasteiger partial charge in [-0.25, -0.2) is 5.48 Å². The molecule has 1 amide bonds. The van der Waals surface area contributed by atoms with Gasteiger partial charge in [-0.15, -0.1) is 0 Å². The van der Waals surface area contributed by atoms with Crippen LogP contribution >= 0.6 is 0 Å². The minimum atomic E-state index is -0.298. The molecule has 1 N–H and O–H groups in total. The highest BCUT2D eigenvalue weighted by Gasteiger charge is 2.06. The summed E-state index contributed by atoms with van der Waals surface area (Å²) in [7, 11) is 1.88. The van der Waals surface area contributed by atoms with E-state index in [2.05, 4.69) is 10.6 Å². The van der Waals surface area contributed by atoms with E-state index in [1.807, 2.05) is 51.2 Å². The Bertz CT molecular complexity index is 645. The Labute approximate surface area is 124 Å². The number of nitrogens with zero attached hydrogens (tertiary/aromatic N) is 2. The van der Waals surface area contributed by atoms with Crippen molar-refractivity contribution >= 4 is 12.0 Å². The SMILES string of the molecule is Cc1nn(C)c(C)c1C=CC(=O)NOCc1ccccc1. The van der Waals surface area contributed by atoms with Crippen molar-refractivity contribution in [2.45, 2.75) is 20.5 Å². The molecule has 5 nitrogen and oxygen atoms in total. The number of rotatable bonds is 5. The topological polar surface area (TPSA) is 56.2 Å². The van der Waals surface area contributed by atoms with Crippen molar-refractivity contribution in [3.05, 3.63) is 58.9 Å². The average Bonchev–Trinajstić information content (AvgIpc) is 2.71. The van der Waals surface area contributed by atoms with Crippen LogP contribution in [0.15, 0.2) is 36.4 Å². The smallest absolute Gasteiger partial charge is 0.267 e. The van der Waals surface area contributed by atoms with Crippen molar-refractivity contribution in [3.63, 3.8) is 0 Å². The lowest BCUT2D eigenvalue weighted by molar-refractivity contribution is -0.129. The first-order valence-electron chi connectivity index (χ1n) is 6.72. The Balaban J connectivity index is 1.86. The van der Waals surface area contributed by atoms with Crippen LogP contribution in [0.25, 0.3) is 6.08 Å². The highest BCUT2D eigenvalue weighted by atomic mass is 16.6. The van der Waals surface area contributed by atoms with Crippen LogP contribution in [0, 0.1) is 13.8 Å². The first-order valence-corrected chi connectivity index (χ1v) is 6.72. The molecule has 0 aliphatic carbocycles. The number of carbonyl (C=O) groups excluding carboxylic acids is 1. The molecule has 1 aromatic heterocycles. The minimum absolute atomic E-state index is 0.298. The summed E-state index contributed by atoms with van der Waals surface area (Å²) < 4.78 is 1.79. The van der Waals surface area contributed by atoms with E-state index in [-0.39, 0.29) is 5.91 Å². The lowest BCUT2D eigenvalue weighted by Gasteiger charge is -2.03. The number of benzene rings is 1. The maximum absolute atomic E-state index is 11.7. The first kappa shape index (κ1) is 15.0. The minimum Gasteiger partial charge on any atom is -0.272 e. The standard InChI is InChI=1S/C16H19N3O2/c1-12-15(13(2)19(3)17-12)9-10-16(20)18-21-11-14-7-5-4-6-8-14/h4-10H,11H2,1-3H3,(H,18,20). The Kier molecular flexibility index (Phi) is 4.90. The number of aryl methyl sites for hydroxylation is 2. The molecule has 2 rings (SSSR count). The Morgan fingerprint density at radius 2 is 2.05 bits per heavy atom. The molecule has 0 atom stereocenters. The van der Waals surface area contributed by atoms with E-state index in [4.69, 9.17) is 4.84 Å². The van der Waals surface area contributed by atoms with E-state index in [0.29, 0.717) is 6.61 Å². The first-order chi connectivity index (χ1) is 10.1. The maximum Gasteiger partial charge on any atom is 0.267 e. The molecule has 0 radical (unpaired) electrons. The third kappa shape index (κ3) is 4.03. The molecule has 0 fully saturated rings. The summed E-state index contributed by atoms with van der Waals surface area (Å²) in [4.78, 5) is 16.8. The second-order valence-corrected chi connectivity index (χ2v) is 4.78. The van der Waals surface area contributed by atoms with E-state index in [0.717, 1.165) is 22.5 Å². The third-order valence-electron chi connectivity index (χ3n) is 3.22. The van der Waals surface area contributed by atoms with Gasteiger partial charge in [0, 0.05) is 24.4 Å². The normalized spacial score (nSPS) is 11.0. The molecule has 1 aromatic carbocycles. The number of hydrogen-bond donors (Lipinski definition) is 1. The molecule has 0 saturated carbocycles. The Hall–Kier alpha value is -2.40. The van der Waals surface area contributed by atoms with Crippen LogP contribution in [0.5, 0.6) is 0 Å². The molecule has 21 heavy (non-hydrogen) atoms. The largest absolute Gasteiger partial charge is 0.272 e. The van der Waals surface area contributed by atoms with Gasteiger partial charge in [0.25, 0.3) is 5.91 Å². The molecule has 5 heteroatoms. The van der Waals surface area contributed by atoms with Crippen LogP contribution in [0.1, 0.15) is 22.5 Å². The van der Waals surface area contributed by atoms with Crippen molar-refractivity contribution in [3.8, 4) is 0 Å². The summed E-state index contributed by atoms with van der Waals surface area (Å²) in [5.74, 6) is -0.298. The number of nitrogens with one attached hydrogen (secondary N) is 1. The fraction of sp³-hybridized carbons (Fsp3) is 0.250. The number of hydroxylamine groups is 1. The molecule has 0 bridgehead atoms. The molecule has 0 spiro atoms. The highest BCUT2D eigenvalue weighted by Crippen LogP contribution is 2.13. The predicted molar refractivity (Wildman–Crippen MR) is 81.1 cm³/mol. The van der Waals surface area contributed by atoms with E-state index in [1.54, 1.807) is 10.8 Å². The fourth-order valence-electron chi connectivity index (χ4n) is 1.99. The molecular weight excluding hydrogens is 266 g/mol. The molecule has 110 valence electrons. The Morgan fingerprint density at radius 1 is 1.33 bits per heavy atom. The zero-order chi connectivity index (χ0) is 15.2. The van der Waals surface area contributed by atoms with Gasteiger partial charge >= 0.3 is 0 Å². The van der Waals surface area contributed by atoms with Gasteiger partial charge in [-0.05, 0) is 25.5 Å². The Morgan fingerprint density at radius 3 is 2.67 bits per heavy atom. The van der Waals surface area contributed by atoms with E-state index < -0.39 is 0 Å². The van der Waals surface area contributed by atoms with Crippen molar-refractivity contribution in [1.82, 2.24) is 15.3 Å². The maximum atomic E-state index is 11.7. The molecular formula is C16H19N3O2. The summed E-state index contributed by atoms with van der Waals surface area (Å²) in [6, 6.07) is 9.65. The van der Waals surface area contributed by atoms with Crippen molar-refractivity contribution < 1.29 is 9.63 Å². The summed E-state index contributed by atoms with van der Waals surface area (Å²) in [5, 5.41) is 4.29. The van der Waals surface area contributed by atoms with E-state index in [1.165, 1.54) is 6.08 Å². The van der Waals surface area contributed by atoms with E-state index in [9.17, 15) is 4.79 Å². The quantitative estimate of drug-likeness (QED) is 0.677. The van der Waals surface area contributed by atoms with E-state index >= 15 is 0 Å². The van der Waals surface area contributed by atoms with Gasteiger partial charge < -0.3 is 0 Å². The average molecular weight is 285 g/mol. The molecule has 1 heterocycles. The molecule has 2 aromatic rings. The van der Waals surface area contributed by atoms with Gasteiger partial charge in [0.1, 0.15) is 0 Å². The van der Waals surface area contributed by atoms with Crippen molar-refractivity contribution in [2.75, 3.05) is 0 Å². The monoisotopic (exact) mass is 285 g/mol. The fourth-order valence-corrected chi connectivity index (χ4v) is 1.99. The number of aromatic nitrogens is 2. The van der Waals surface area contributed by atoms with Crippen LogP contribution in [-0.2, 0) is 23.3 Å². The zero-order valence-electron chi connectivity index (χ0n) is 12.5. The van der Waals surface area contributed by atoms with Gasteiger partial charge in [-0.3, -0.25) is 14.3 Å². The van der Waals surface area contributed by atoms with Crippen LogP contribution in [-0.4, -0.2) is 15.7 Å². The number of hydrogen-bond acceptors (Lipinski definition) is 3. The molecule has 0 aliphatic heterocycles. The summed E-state index contributed by atoms with van der Waals surface area (Å²) >= 11 is 0. The summed E-state index contributed by atoms with van der Waals surface area (Å²) in [5.41, 5.74) is 6.26. The van der Waals surface area contributed by atoms with Crippen LogP contribution in [0.4, 0.5) is 0 Å². The summed E-state index contributed by atoms with van der Waals surface area (Å²) in [6.07, 6.45) is 3.20. The van der Waals surface area contributed by atoms with Gasteiger partial charge in [0.2, 0.25) is 0 Å². The number of amides is 1. The van der Waals surface area contributed by atoms with Crippen LogP contribution in [0.2, 0.25) is 0 Å². The molecule has 0 aliphatic rings. The number of carbonyl (C=O) groups is 1. The molecule has 0 unspecified atom stereocenters. The second kappa shape index (κ2) is 6.85. The lowest BCUT2D eigenvalue weighted by atomic mass is 10.2. The van der Waals surface area contributed by atoms with Gasteiger partial charge in [0.15, 0.2) is 0 Å². The summed E-state index contributed by atoms with van der Waals surface area (Å²) in [6.45, 7) is 4.21. The third-order valence-corrected chi connectivity index (χ3v) is 3.22. The predicted octanol–water partition coefficient (Wildman–Crippen LogP) is 2.30. The zero-order valence-corrected chi connectivity index (χ0v) is 12.5.